The van der Waals surface area contributed by atoms with Crippen molar-refractivity contribution >= 4 is 21.6 Å². The summed E-state index contributed by atoms with van der Waals surface area (Å²) >= 11 is 3.56. The number of rotatable bonds is 2. The minimum absolute atomic E-state index is 0.139. The first-order valence-corrected chi connectivity index (χ1v) is 8.53. The number of fused-ring (bicyclic) bond motifs is 3. The fraction of sp³-hybridized carbons (Fsp3) is 0.263. The van der Waals surface area contributed by atoms with E-state index in [0.717, 1.165) is 33.5 Å². The second-order valence-corrected chi connectivity index (χ2v) is 7.01. The van der Waals surface area contributed by atoms with E-state index in [9.17, 15) is 4.39 Å². The van der Waals surface area contributed by atoms with E-state index in [1.54, 1.807) is 13.2 Å². The van der Waals surface area contributed by atoms with Crippen LogP contribution in [0.2, 0.25) is 0 Å². The molecule has 2 aromatic carbocycles. The average molecular weight is 374 g/mol. The summed E-state index contributed by atoms with van der Waals surface area (Å²) in [4.78, 5) is 0. The molecule has 0 fully saturated rings. The lowest BCUT2D eigenvalue weighted by Crippen LogP contribution is -2.29. The van der Waals surface area contributed by atoms with Gasteiger partial charge in [0.15, 0.2) is 0 Å². The zero-order valence-electron chi connectivity index (χ0n) is 12.7. The van der Waals surface area contributed by atoms with Crippen molar-refractivity contribution in [1.29, 1.82) is 0 Å². The second kappa shape index (κ2) is 5.68. The van der Waals surface area contributed by atoms with Gasteiger partial charge in [-0.05, 0) is 54.3 Å². The van der Waals surface area contributed by atoms with Crippen LogP contribution in [-0.4, -0.2) is 7.11 Å². The van der Waals surface area contributed by atoms with Crippen LogP contribution in [0.1, 0.15) is 29.5 Å². The number of nitrogens with one attached hydrogen (secondary N) is 1. The minimum atomic E-state index is -0.178. The molecule has 118 valence electrons. The first-order valence-electron chi connectivity index (χ1n) is 7.73. The molecule has 0 aromatic heterocycles. The molecule has 0 bridgehead atoms. The average Bonchev–Trinajstić information content (AvgIpc) is 3.04. The Balaban J connectivity index is 1.82. The van der Waals surface area contributed by atoms with Gasteiger partial charge in [-0.3, -0.25) is 0 Å². The lowest BCUT2D eigenvalue weighted by Gasteiger charge is -2.38. The summed E-state index contributed by atoms with van der Waals surface area (Å²) in [6.07, 6.45) is 5.39. The Kier molecular flexibility index (Phi) is 3.64. The van der Waals surface area contributed by atoms with Gasteiger partial charge in [-0.2, -0.15) is 0 Å². The van der Waals surface area contributed by atoms with E-state index in [1.165, 1.54) is 6.07 Å². The van der Waals surface area contributed by atoms with Gasteiger partial charge in [0.05, 0.1) is 13.2 Å². The van der Waals surface area contributed by atoms with Crippen molar-refractivity contribution in [2.24, 2.45) is 5.92 Å². The fourth-order valence-corrected chi connectivity index (χ4v) is 4.20. The number of hydrogen-bond donors (Lipinski definition) is 1. The van der Waals surface area contributed by atoms with Gasteiger partial charge in [0.1, 0.15) is 11.6 Å². The number of benzene rings is 2. The Morgan fingerprint density at radius 3 is 2.87 bits per heavy atom. The molecule has 3 unspecified atom stereocenters. The quantitative estimate of drug-likeness (QED) is 0.709. The van der Waals surface area contributed by atoms with E-state index in [0.29, 0.717) is 5.92 Å². The Labute approximate surface area is 143 Å². The van der Waals surface area contributed by atoms with Crippen LogP contribution < -0.4 is 10.1 Å². The molecule has 4 rings (SSSR count). The molecule has 0 saturated heterocycles. The molecule has 0 radical (unpaired) electrons. The molecule has 1 aliphatic carbocycles. The summed E-state index contributed by atoms with van der Waals surface area (Å²) in [6, 6.07) is 11.2. The van der Waals surface area contributed by atoms with E-state index >= 15 is 0 Å². The van der Waals surface area contributed by atoms with Gasteiger partial charge in [-0.1, -0.05) is 28.1 Å². The molecule has 2 aliphatic rings. The molecule has 1 N–H and O–H groups in total. The van der Waals surface area contributed by atoms with Gasteiger partial charge in [-0.15, -0.1) is 0 Å². The highest BCUT2D eigenvalue weighted by atomic mass is 79.9. The molecule has 2 aromatic rings. The lowest BCUT2D eigenvalue weighted by atomic mass is 9.77. The van der Waals surface area contributed by atoms with Crippen molar-refractivity contribution in [3.8, 4) is 5.75 Å². The summed E-state index contributed by atoms with van der Waals surface area (Å²) in [5.74, 6) is 1.31. The first kappa shape index (κ1) is 14.8. The molecule has 2 nitrogen and oxygen atoms in total. The minimum Gasteiger partial charge on any atom is -0.496 e. The predicted octanol–water partition coefficient (Wildman–Crippen LogP) is 5.42. The third kappa shape index (κ3) is 2.45. The third-order valence-corrected chi connectivity index (χ3v) is 5.34. The van der Waals surface area contributed by atoms with Crippen LogP contribution in [0.4, 0.5) is 10.1 Å². The molecule has 1 aliphatic heterocycles. The Bertz CT molecular complexity index is 789. The van der Waals surface area contributed by atoms with Crippen molar-refractivity contribution in [2.75, 3.05) is 12.4 Å². The Hall–Kier alpha value is -1.81. The van der Waals surface area contributed by atoms with Crippen molar-refractivity contribution in [3.05, 3.63) is 70.0 Å². The SMILES string of the molecule is COc1ccc(Br)cc1C1Nc2ccc(F)cc2C2C=CCC21. The predicted molar refractivity (Wildman–Crippen MR) is 93.4 cm³/mol. The maximum atomic E-state index is 13.7. The number of allylic oxidation sites excluding steroid dienone is 2. The van der Waals surface area contributed by atoms with Crippen molar-refractivity contribution < 1.29 is 9.13 Å². The summed E-state index contributed by atoms with van der Waals surface area (Å²) in [5, 5.41) is 3.61. The molecule has 0 saturated carbocycles. The highest BCUT2D eigenvalue weighted by Gasteiger charge is 2.39. The van der Waals surface area contributed by atoms with Crippen LogP contribution in [0.15, 0.2) is 53.0 Å². The molecule has 0 amide bonds. The van der Waals surface area contributed by atoms with Crippen LogP contribution in [0.5, 0.6) is 5.75 Å². The van der Waals surface area contributed by atoms with E-state index in [2.05, 4.69) is 39.5 Å². The molecule has 3 atom stereocenters. The van der Waals surface area contributed by atoms with Gasteiger partial charge in [0.2, 0.25) is 0 Å². The number of methoxy groups -OCH3 is 1. The number of ether oxygens (including phenoxy) is 1. The maximum absolute atomic E-state index is 13.7. The number of anilines is 1. The van der Waals surface area contributed by atoms with E-state index in [1.807, 2.05) is 18.2 Å². The third-order valence-electron chi connectivity index (χ3n) is 4.85. The normalized spacial score (nSPS) is 24.7. The van der Waals surface area contributed by atoms with Crippen LogP contribution in [0.3, 0.4) is 0 Å². The number of hydrogen-bond acceptors (Lipinski definition) is 2. The largest absolute Gasteiger partial charge is 0.496 e. The Morgan fingerprint density at radius 2 is 2.04 bits per heavy atom. The van der Waals surface area contributed by atoms with Gasteiger partial charge >= 0.3 is 0 Å². The van der Waals surface area contributed by atoms with Gasteiger partial charge in [0.25, 0.3) is 0 Å². The molecular formula is C19H17BrFNO. The zero-order valence-corrected chi connectivity index (χ0v) is 14.3. The summed E-state index contributed by atoms with van der Waals surface area (Å²) in [5.41, 5.74) is 3.19. The molecule has 1 heterocycles. The topological polar surface area (TPSA) is 21.3 Å². The van der Waals surface area contributed by atoms with E-state index in [4.69, 9.17) is 4.74 Å². The first-order chi connectivity index (χ1) is 11.2. The van der Waals surface area contributed by atoms with Crippen LogP contribution in [-0.2, 0) is 0 Å². The van der Waals surface area contributed by atoms with E-state index in [-0.39, 0.29) is 17.8 Å². The zero-order chi connectivity index (χ0) is 16.0. The Morgan fingerprint density at radius 1 is 1.17 bits per heavy atom. The van der Waals surface area contributed by atoms with Gasteiger partial charge < -0.3 is 10.1 Å². The molecule has 4 heteroatoms. The van der Waals surface area contributed by atoms with Crippen molar-refractivity contribution in [1.82, 2.24) is 0 Å². The number of halogens is 2. The highest BCUT2D eigenvalue weighted by molar-refractivity contribution is 9.10. The van der Waals surface area contributed by atoms with Gasteiger partial charge in [-0.25, -0.2) is 4.39 Å². The maximum Gasteiger partial charge on any atom is 0.124 e. The molecule has 23 heavy (non-hydrogen) atoms. The second-order valence-electron chi connectivity index (χ2n) is 6.09. The highest BCUT2D eigenvalue weighted by Crippen LogP contribution is 2.51. The lowest BCUT2D eigenvalue weighted by molar-refractivity contribution is 0.380. The van der Waals surface area contributed by atoms with Crippen molar-refractivity contribution in [2.45, 2.75) is 18.4 Å². The summed E-state index contributed by atoms with van der Waals surface area (Å²) < 4.78 is 20.3. The molecular weight excluding hydrogens is 357 g/mol. The van der Waals surface area contributed by atoms with Crippen LogP contribution in [0.25, 0.3) is 0 Å². The summed E-state index contributed by atoms with van der Waals surface area (Å²) in [6.45, 7) is 0. The van der Waals surface area contributed by atoms with Crippen LogP contribution >= 0.6 is 15.9 Å². The fourth-order valence-electron chi connectivity index (χ4n) is 3.82. The smallest absolute Gasteiger partial charge is 0.124 e. The summed E-state index contributed by atoms with van der Waals surface area (Å²) in [7, 11) is 1.70. The standard InChI is InChI=1S/C19H17BrFNO/c1-23-18-8-5-11(20)9-16(18)19-14-4-2-3-13(14)15-10-12(21)6-7-17(15)22-19/h2-3,5-10,13-14,19,22H,4H2,1H3. The van der Waals surface area contributed by atoms with E-state index < -0.39 is 0 Å². The molecule has 0 spiro atoms. The van der Waals surface area contributed by atoms with Crippen molar-refractivity contribution in [3.63, 3.8) is 0 Å². The van der Waals surface area contributed by atoms with Crippen LogP contribution in [0, 0.1) is 11.7 Å². The monoisotopic (exact) mass is 373 g/mol. The van der Waals surface area contributed by atoms with Gasteiger partial charge in [0, 0.05) is 21.6 Å².